The number of benzene rings is 1. The molecule has 1 heterocycles. The van der Waals surface area contributed by atoms with E-state index in [1.54, 1.807) is 0 Å². The second-order valence-electron chi connectivity index (χ2n) is 4.41. The third-order valence-electron chi connectivity index (χ3n) is 3.22. The minimum absolute atomic E-state index is 0.746. The number of nitrogens with zero attached hydrogens (tertiary/aromatic N) is 2. The Morgan fingerprint density at radius 1 is 0.875 bits per heavy atom. The summed E-state index contributed by atoms with van der Waals surface area (Å²) >= 11 is 0. The molecule has 2 rings (SSSR count). The Labute approximate surface area is 97.5 Å². The first-order valence-corrected chi connectivity index (χ1v) is 6.15. The quantitative estimate of drug-likeness (QED) is 0.717. The fourth-order valence-electron chi connectivity index (χ4n) is 2.25. The van der Waals surface area contributed by atoms with Crippen LogP contribution in [0.2, 0.25) is 0 Å². The third kappa shape index (κ3) is 2.76. The van der Waals surface area contributed by atoms with Crippen LogP contribution in [-0.2, 0) is 0 Å². The van der Waals surface area contributed by atoms with Gasteiger partial charge in [0.1, 0.15) is 0 Å². The van der Waals surface area contributed by atoms with Crippen LogP contribution in [0.25, 0.3) is 0 Å². The van der Waals surface area contributed by atoms with Crippen LogP contribution in [0.3, 0.4) is 0 Å². The number of hydrogen-bond acceptors (Lipinski definition) is 2. The summed E-state index contributed by atoms with van der Waals surface area (Å²) in [7, 11) is 0. The SMILES string of the molecule is N#Cc1ccc(N2CCCCCCC2)cc1. The zero-order valence-electron chi connectivity index (χ0n) is 9.65. The molecule has 16 heavy (non-hydrogen) atoms. The van der Waals surface area contributed by atoms with E-state index in [9.17, 15) is 0 Å². The number of anilines is 1. The van der Waals surface area contributed by atoms with Crippen LogP contribution in [0.4, 0.5) is 5.69 Å². The van der Waals surface area contributed by atoms with Crippen LogP contribution >= 0.6 is 0 Å². The lowest BCUT2D eigenvalue weighted by atomic mass is 10.1. The molecule has 1 saturated heterocycles. The summed E-state index contributed by atoms with van der Waals surface area (Å²) in [6, 6.07) is 10.1. The van der Waals surface area contributed by atoms with Gasteiger partial charge in [-0.05, 0) is 37.1 Å². The van der Waals surface area contributed by atoms with E-state index in [1.807, 2.05) is 12.1 Å². The molecule has 2 heteroatoms. The topological polar surface area (TPSA) is 27.0 Å². The summed E-state index contributed by atoms with van der Waals surface area (Å²) in [5, 5.41) is 8.76. The van der Waals surface area contributed by atoms with Crippen LogP contribution in [0.1, 0.15) is 37.7 Å². The van der Waals surface area contributed by atoms with Gasteiger partial charge in [-0.2, -0.15) is 5.26 Å². The van der Waals surface area contributed by atoms with Crippen LogP contribution in [0.5, 0.6) is 0 Å². The lowest BCUT2D eigenvalue weighted by Crippen LogP contribution is -2.26. The van der Waals surface area contributed by atoms with Gasteiger partial charge in [0.15, 0.2) is 0 Å². The summed E-state index contributed by atoms with van der Waals surface area (Å²) in [4.78, 5) is 2.44. The molecule has 0 aromatic heterocycles. The number of hydrogen-bond donors (Lipinski definition) is 0. The molecule has 1 aliphatic rings. The molecule has 0 saturated carbocycles. The molecule has 1 aromatic rings. The molecular formula is C14H18N2. The molecule has 0 N–H and O–H groups in total. The van der Waals surface area contributed by atoms with Crippen LogP contribution in [0.15, 0.2) is 24.3 Å². The first kappa shape index (κ1) is 11.0. The predicted octanol–water partition coefficient (Wildman–Crippen LogP) is 3.33. The molecule has 0 radical (unpaired) electrons. The zero-order chi connectivity index (χ0) is 11.2. The smallest absolute Gasteiger partial charge is 0.0991 e. The highest BCUT2D eigenvalue weighted by atomic mass is 15.1. The van der Waals surface area contributed by atoms with Crippen LogP contribution in [-0.4, -0.2) is 13.1 Å². The molecule has 0 atom stereocenters. The Bertz CT molecular complexity index is 353. The van der Waals surface area contributed by atoms with Gasteiger partial charge in [-0.3, -0.25) is 0 Å². The van der Waals surface area contributed by atoms with E-state index in [4.69, 9.17) is 5.26 Å². The fraction of sp³-hybridized carbons (Fsp3) is 0.500. The highest BCUT2D eigenvalue weighted by molar-refractivity contribution is 5.49. The summed E-state index contributed by atoms with van der Waals surface area (Å²) in [6.45, 7) is 2.32. The summed E-state index contributed by atoms with van der Waals surface area (Å²) in [6.07, 6.45) is 6.68. The van der Waals surface area contributed by atoms with Crippen molar-refractivity contribution in [3.8, 4) is 6.07 Å². The van der Waals surface area contributed by atoms with E-state index in [1.165, 1.54) is 37.8 Å². The molecule has 1 aromatic carbocycles. The molecule has 1 fully saturated rings. The van der Waals surface area contributed by atoms with Gasteiger partial charge in [-0.25, -0.2) is 0 Å². The van der Waals surface area contributed by atoms with Crippen molar-refractivity contribution in [2.75, 3.05) is 18.0 Å². The van der Waals surface area contributed by atoms with Gasteiger partial charge < -0.3 is 4.90 Å². The van der Waals surface area contributed by atoms with Crippen molar-refractivity contribution in [3.05, 3.63) is 29.8 Å². The maximum Gasteiger partial charge on any atom is 0.0991 e. The van der Waals surface area contributed by atoms with Gasteiger partial charge in [0.05, 0.1) is 11.6 Å². The van der Waals surface area contributed by atoms with Gasteiger partial charge in [-0.15, -0.1) is 0 Å². The summed E-state index contributed by atoms with van der Waals surface area (Å²) in [5.74, 6) is 0. The van der Waals surface area contributed by atoms with E-state index in [-0.39, 0.29) is 0 Å². The maximum atomic E-state index is 8.76. The molecule has 0 bridgehead atoms. The molecule has 0 amide bonds. The zero-order valence-corrected chi connectivity index (χ0v) is 9.65. The van der Waals surface area contributed by atoms with Crippen molar-refractivity contribution in [1.82, 2.24) is 0 Å². The molecule has 2 nitrogen and oxygen atoms in total. The molecule has 1 aliphatic heterocycles. The molecule has 0 unspecified atom stereocenters. The standard InChI is InChI=1S/C14H18N2/c15-12-13-6-8-14(9-7-13)16-10-4-2-1-3-5-11-16/h6-9H,1-5,10-11H2. The Morgan fingerprint density at radius 2 is 1.44 bits per heavy atom. The normalized spacial score (nSPS) is 17.3. The third-order valence-corrected chi connectivity index (χ3v) is 3.22. The predicted molar refractivity (Wildman–Crippen MR) is 66.5 cm³/mol. The lowest BCUT2D eigenvalue weighted by Gasteiger charge is -2.26. The van der Waals surface area contributed by atoms with Gasteiger partial charge >= 0.3 is 0 Å². The van der Waals surface area contributed by atoms with Gasteiger partial charge in [0.2, 0.25) is 0 Å². The molecule has 84 valence electrons. The second-order valence-corrected chi connectivity index (χ2v) is 4.41. The largest absolute Gasteiger partial charge is 0.372 e. The van der Waals surface area contributed by atoms with Crippen molar-refractivity contribution in [1.29, 1.82) is 5.26 Å². The Balaban J connectivity index is 2.06. The first-order chi connectivity index (χ1) is 7.90. The van der Waals surface area contributed by atoms with E-state index in [2.05, 4.69) is 23.1 Å². The Morgan fingerprint density at radius 3 is 2.00 bits per heavy atom. The van der Waals surface area contributed by atoms with Gasteiger partial charge in [0.25, 0.3) is 0 Å². The lowest BCUT2D eigenvalue weighted by molar-refractivity contribution is 0.556. The Kier molecular flexibility index (Phi) is 3.82. The highest BCUT2D eigenvalue weighted by Gasteiger charge is 2.08. The van der Waals surface area contributed by atoms with Crippen molar-refractivity contribution < 1.29 is 0 Å². The van der Waals surface area contributed by atoms with Crippen molar-refractivity contribution in [2.45, 2.75) is 32.1 Å². The van der Waals surface area contributed by atoms with E-state index >= 15 is 0 Å². The van der Waals surface area contributed by atoms with Crippen molar-refractivity contribution >= 4 is 5.69 Å². The molecule has 0 spiro atoms. The monoisotopic (exact) mass is 214 g/mol. The molecular weight excluding hydrogens is 196 g/mol. The second kappa shape index (κ2) is 5.55. The number of nitriles is 1. The van der Waals surface area contributed by atoms with E-state index < -0.39 is 0 Å². The minimum atomic E-state index is 0.746. The average Bonchev–Trinajstić information content (AvgIpc) is 2.29. The van der Waals surface area contributed by atoms with Gasteiger partial charge in [-0.1, -0.05) is 19.3 Å². The summed E-state index contributed by atoms with van der Waals surface area (Å²) in [5.41, 5.74) is 2.01. The average molecular weight is 214 g/mol. The van der Waals surface area contributed by atoms with Gasteiger partial charge in [0, 0.05) is 18.8 Å². The Hall–Kier alpha value is -1.49. The highest BCUT2D eigenvalue weighted by Crippen LogP contribution is 2.19. The molecule has 0 aliphatic carbocycles. The first-order valence-electron chi connectivity index (χ1n) is 6.15. The van der Waals surface area contributed by atoms with Crippen LogP contribution < -0.4 is 4.90 Å². The minimum Gasteiger partial charge on any atom is -0.372 e. The maximum absolute atomic E-state index is 8.76. The number of rotatable bonds is 1. The van der Waals surface area contributed by atoms with E-state index in [0.29, 0.717) is 0 Å². The van der Waals surface area contributed by atoms with Crippen molar-refractivity contribution in [2.24, 2.45) is 0 Å². The fourth-order valence-corrected chi connectivity index (χ4v) is 2.25. The van der Waals surface area contributed by atoms with Crippen molar-refractivity contribution in [3.63, 3.8) is 0 Å². The van der Waals surface area contributed by atoms with E-state index in [0.717, 1.165) is 18.7 Å². The van der Waals surface area contributed by atoms with Crippen LogP contribution in [0, 0.1) is 11.3 Å². The summed E-state index contributed by atoms with van der Waals surface area (Å²) < 4.78 is 0.